The van der Waals surface area contributed by atoms with Gasteiger partial charge in [0.1, 0.15) is 11.4 Å². The summed E-state index contributed by atoms with van der Waals surface area (Å²) in [6, 6.07) is 43.9. The first-order chi connectivity index (χ1) is 22.0. The maximum atomic E-state index is 13.8. The Kier molecular flexibility index (Phi) is 7.74. The highest BCUT2D eigenvalue weighted by Gasteiger charge is 2.41. The minimum atomic E-state index is -0.851. The van der Waals surface area contributed by atoms with Crippen LogP contribution in [0.1, 0.15) is 29.5 Å². The van der Waals surface area contributed by atoms with Crippen molar-refractivity contribution in [1.82, 2.24) is 14.7 Å². The third-order valence-corrected chi connectivity index (χ3v) is 9.08. The van der Waals surface area contributed by atoms with Gasteiger partial charge in [0.05, 0.1) is 5.52 Å². The quantitative estimate of drug-likeness (QED) is 0.191. The highest BCUT2D eigenvalue weighted by Crippen LogP contribution is 2.44. The molecule has 5 nitrogen and oxygen atoms in total. The second-order valence-electron chi connectivity index (χ2n) is 11.9. The predicted molar refractivity (Wildman–Crippen MR) is 179 cm³/mol. The van der Waals surface area contributed by atoms with Gasteiger partial charge in [-0.05, 0) is 85.1 Å². The van der Waals surface area contributed by atoms with Crippen molar-refractivity contribution in [2.75, 3.05) is 25.5 Å². The number of nitrogens with zero attached hydrogens (tertiary/aromatic N) is 3. The van der Waals surface area contributed by atoms with Gasteiger partial charge in [-0.3, -0.25) is 4.79 Å². The Labute approximate surface area is 262 Å². The van der Waals surface area contributed by atoms with Crippen LogP contribution in [0, 0.1) is 11.7 Å². The highest BCUT2D eigenvalue weighted by molar-refractivity contribution is 6.02. The van der Waals surface area contributed by atoms with Crippen LogP contribution in [0.4, 0.5) is 10.2 Å². The number of fused-ring (bicyclic) bond motifs is 1. The minimum absolute atomic E-state index is 0.00781. The topological polar surface area (TPSA) is 50.2 Å². The zero-order chi connectivity index (χ0) is 30.8. The highest BCUT2D eigenvalue weighted by atomic mass is 19.1. The van der Waals surface area contributed by atoms with Crippen molar-refractivity contribution in [1.29, 1.82) is 0 Å². The summed E-state index contributed by atoms with van der Waals surface area (Å²) >= 11 is 0. The third kappa shape index (κ3) is 5.32. The number of aromatic nitrogens is 2. The Bertz CT molecular complexity index is 1820. The standard InChI is InChI=1S/C39H35FN4O/c1-43-25-23-29(24-26-43)38(45)41-37-35-27-30(28-17-20-34(40)21-18-28)19-22-36(35)44(42-37)39(31-11-5-2-6-12-31,32-13-7-3-8-14-32)33-15-9-4-10-16-33/h2-22,27,29H,23-26H2,1H3,(H,41,42,45). The lowest BCUT2D eigenvalue weighted by molar-refractivity contribution is -0.121. The van der Waals surface area contributed by atoms with Gasteiger partial charge in [0.15, 0.2) is 5.82 Å². The molecule has 1 aromatic heterocycles. The lowest BCUT2D eigenvalue weighted by atomic mass is 9.77. The van der Waals surface area contributed by atoms with Crippen molar-refractivity contribution in [3.05, 3.63) is 156 Å². The van der Waals surface area contributed by atoms with E-state index in [4.69, 9.17) is 5.10 Å². The van der Waals surface area contributed by atoms with E-state index in [1.165, 1.54) is 12.1 Å². The fraction of sp³-hybridized carbons (Fsp3) is 0.179. The van der Waals surface area contributed by atoms with E-state index in [2.05, 4.69) is 107 Å². The molecule has 2 heterocycles. The van der Waals surface area contributed by atoms with Gasteiger partial charge >= 0.3 is 0 Å². The van der Waals surface area contributed by atoms with Crippen molar-refractivity contribution in [2.24, 2.45) is 5.92 Å². The van der Waals surface area contributed by atoms with Crippen molar-refractivity contribution in [2.45, 2.75) is 18.4 Å². The fourth-order valence-electron chi connectivity index (χ4n) is 6.68. The number of amides is 1. The molecule has 0 spiro atoms. The number of piperidine rings is 1. The number of carbonyl (C=O) groups is 1. The molecular weight excluding hydrogens is 559 g/mol. The summed E-state index contributed by atoms with van der Waals surface area (Å²) < 4.78 is 15.9. The third-order valence-electron chi connectivity index (χ3n) is 9.08. The second-order valence-corrected chi connectivity index (χ2v) is 11.9. The first-order valence-corrected chi connectivity index (χ1v) is 15.5. The molecular formula is C39H35FN4O. The van der Waals surface area contributed by atoms with E-state index in [9.17, 15) is 9.18 Å². The molecule has 45 heavy (non-hydrogen) atoms. The van der Waals surface area contributed by atoms with Gasteiger partial charge < -0.3 is 10.2 Å². The summed E-state index contributed by atoms with van der Waals surface area (Å²) in [6.45, 7) is 1.78. The minimum Gasteiger partial charge on any atom is -0.308 e. The molecule has 224 valence electrons. The zero-order valence-electron chi connectivity index (χ0n) is 25.2. The molecule has 7 rings (SSSR count). The Morgan fingerprint density at radius 1 is 0.733 bits per heavy atom. The fourth-order valence-corrected chi connectivity index (χ4v) is 6.68. The van der Waals surface area contributed by atoms with Crippen LogP contribution in [-0.2, 0) is 10.3 Å². The molecule has 1 saturated heterocycles. The number of nitrogens with one attached hydrogen (secondary N) is 1. The molecule has 5 aromatic carbocycles. The normalized spacial score (nSPS) is 14.4. The average Bonchev–Trinajstić information content (AvgIpc) is 3.44. The number of benzene rings is 5. The Morgan fingerprint density at radius 2 is 1.24 bits per heavy atom. The number of likely N-dealkylation sites (tertiary alicyclic amines) is 1. The number of carbonyl (C=O) groups excluding carboxylic acids is 1. The van der Waals surface area contributed by atoms with Crippen LogP contribution in [-0.4, -0.2) is 40.7 Å². The second kappa shape index (κ2) is 12.1. The van der Waals surface area contributed by atoms with Crippen LogP contribution in [0.3, 0.4) is 0 Å². The van der Waals surface area contributed by atoms with Crippen LogP contribution in [0.2, 0.25) is 0 Å². The van der Waals surface area contributed by atoms with Crippen molar-refractivity contribution < 1.29 is 9.18 Å². The smallest absolute Gasteiger partial charge is 0.228 e. The van der Waals surface area contributed by atoms with Gasteiger partial charge in [-0.25, -0.2) is 9.07 Å². The molecule has 0 radical (unpaired) electrons. The summed E-state index contributed by atoms with van der Waals surface area (Å²) in [4.78, 5) is 16.0. The SMILES string of the molecule is CN1CCC(C(=O)Nc2nn(C(c3ccccc3)(c3ccccc3)c3ccccc3)c3ccc(-c4ccc(F)cc4)cc23)CC1. The van der Waals surface area contributed by atoms with Crippen LogP contribution >= 0.6 is 0 Å². The monoisotopic (exact) mass is 594 g/mol. The van der Waals surface area contributed by atoms with E-state index in [-0.39, 0.29) is 17.6 Å². The first kappa shape index (κ1) is 28.7. The largest absolute Gasteiger partial charge is 0.308 e. The van der Waals surface area contributed by atoms with E-state index in [0.29, 0.717) is 5.82 Å². The van der Waals surface area contributed by atoms with Gasteiger partial charge in [-0.2, -0.15) is 5.10 Å². The predicted octanol–water partition coefficient (Wildman–Crippen LogP) is 7.96. The summed E-state index contributed by atoms with van der Waals surface area (Å²) in [5.41, 5.74) is 4.96. The lowest BCUT2D eigenvalue weighted by Crippen LogP contribution is -2.39. The number of hydrogen-bond acceptors (Lipinski definition) is 3. The van der Waals surface area contributed by atoms with Gasteiger partial charge in [-0.1, -0.05) is 109 Å². The summed E-state index contributed by atoms with van der Waals surface area (Å²) in [6.07, 6.45) is 1.62. The number of anilines is 1. The Balaban J connectivity index is 1.49. The molecule has 0 atom stereocenters. The van der Waals surface area contributed by atoms with Crippen LogP contribution in [0.5, 0.6) is 0 Å². The van der Waals surface area contributed by atoms with Crippen LogP contribution in [0.25, 0.3) is 22.0 Å². The van der Waals surface area contributed by atoms with Crippen molar-refractivity contribution >= 4 is 22.6 Å². The maximum absolute atomic E-state index is 13.8. The van der Waals surface area contributed by atoms with Gasteiger partial charge in [0, 0.05) is 11.3 Å². The zero-order valence-corrected chi connectivity index (χ0v) is 25.2. The molecule has 0 aliphatic carbocycles. The molecule has 1 aliphatic heterocycles. The molecule has 6 heteroatoms. The van der Waals surface area contributed by atoms with Gasteiger partial charge in [0.25, 0.3) is 0 Å². The average molecular weight is 595 g/mol. The molecule has 0 saturated carbocycles. The Morgan fingerprint density at radius 3 is 1.78 bits per heavy atom. The molecule has 0 unspecified atom stereocenters. The number of halogens is 1. The lowest BCUT2D eigenvalue weighted by Gasteiger charge is -2.37. The maximum Gasteiger partial charge on any atom is 0.228 e. The van der Waals surface area contributed by atoms with Gasteiger partial charge in [0.2, 0.25) is 5.91 Å². The molecule has 6 aromatic rings. The van der Waals surface area contributed by atoms with Gasteiger partial charge in [-0.15, -0.1) is 0 Å². The molecule has 1 fully saturated rings. The number of hydrogen-bond donors (Lipinski definition) is 1. The van der Waals surface area contributed by atoms with E-state index in [0.717, 1.165) is 64.7 Å². The van der Waals surface area contributed by atoms with E-state index >= 15 is 0 Å². The van der Waals surface area contributed by atoms with Crippen LogP contribution in [0.15, 0.2) is 133 Å². The molecule has 1 N–H and O–H groups in total. The molecule has 1 aliphatic rings. The van der Waals surface area contributed by atoms with Crippen molar-refractivity contribution in [3.63, 3.8) is 0 Å². The van der Waals surface area contributed by atoms with Crippen LogP contribution < -0.4 is 5.32 Å². The number of rotatable bonds is 7. The Hall–Kier alpha value is -5.07. The molecule has 0 bridgehead atoms. The van der Waals surface area contributed by atoms with E-state index in [1.807, 2.05) is 24.3 Å². The first-order valence-electron chi connectivity index (χ1n) is 15.5. The summed E-state index contributed by atoms with van der Waals surface area (Å²) in [5.74, 6) is 0.150. The van der Waals surface area contributed by atoms with E-state index < -0.39 is 5.54 Å². The summed E-state index contributed by atoms with van der Waals surface area (Å²) in [5, 5.41) is 9.38. The van der Waals surface area contributed by atoms with E-state index in [1.54, 1.807) is 12.1 Å². The molecule has 1 amide bonds. The van der Waals surface area contributed by atoms with Crippen molar-refractivity contribution in [3.8, 4) is 11.1 Å². The summed E-state index contributed by atoms with van der Waals surface area (Å²) in [7, 11) is 2.09.